The normalized spacial score (nSPS) is 11.5. The van der Waals surface area contributed by atoms with Crippen LogP contribution < -0.4 is 10.6 Å². The number of carbonyl (C=O) groups is 2. The SMILES string of the molecule is CC(=O)Nc1cn2nc(-c3cnc(C)c(C(=O)NCc4cc(C(F)(F)F)ccc4F)c3)ccc2n1. The molecule has 2 amide bonds. The molecule has 1 aromatic carbocycles. The van der Waals surface area contributed by atoms with E-state index >= 15 is 0 Å². The van der Waals surface area contributed by atoms with E-state index in [9.17, 15) is 27.2 Å². The summed E-state index contributed by atoms with van der Waals surface area (Å²) in [6, 6.07) is 6.88. The predicted molar refractivity (Wildman–Crippen MR) is 118 cm³/mol. The van der Waals surface area contributed by atoms with Crippen molar-refractivity contribution in [1.29, 1.82) is 0 Å². The van der Waals surface area contributed by atoms with E-state index in [0.29, 0.717) is 46.6 Å². The van der Waals surface area contributed by atoms with Gasteiger partial charge in [0.25, 0.3) is 5.91 Å². The Kier molecular flexibility index (Phi) is 6.20. The quantitative estimate of drug-likeness (QED) is 0.413. The van der Waals surface area contributed by atoms with Gasteiger partial charge in [-0.3, -0.25) is 14.6 Å². The number of pyridine rings is 1. The zero-order valence-corrected chi connectivity index (χ0v) is 18.4. The van der Waals surface area contributed by atoms with Gasteiger partial charge in [-0.05, 0) is 43.3 Å². The molecule has 4 aromatic rings. The minimum Gasteiger partial charge on any atom is -0.348 e. The van der Waals surface area contributed by atoms with Crippen molar-refractivity contribution in [3.63, 3.8) is 0 Å². The molecule has 8 nitrogen and oxygen atoms in total. The van der Waals surface area contributed by atoms with Crippen molar-refractivity contribution in [2.75, 3.05) is 5.32 Å². The number of nitrogens with zero attached hydrogens (tertiary/aromatic N) is 4. The van der Waals surface area contributed by atoms with Crippen molar-refractivity contribution in [2.24, 2.45) is 0 Å². The molecule has 0 aliphatic carbocycles. The summed E-state index contributed by atoms with van der Waals surface area (Å²) >= 11 is 0. The van der Waals surface area contributed by atoms with Crippen molar-refractivity contribution in [3.8, 4) is 11.3 Å². The van der Waals surface area contributed by atoms with Gasteiger partial charge in [0, 0.05) is 30.8 Å². The summed E-state index contributed by atoms with van der Waals surface area (Å²) in [5.41, 5.74) is 0.646. The van der Waals surface area contributed by atoms with E-state index in [1.165, 1.54) is 29.9 Å². The molecule has 35 heavy (non-hydrogen) atoms. The maximum atomic E-state index is 14.0. The molecule has 0 fully saturated rings. The van der Waals surface area contributed by atoms with Gasteiger partial charge >= 0.3 is 6.18 Å². The third-order valence-electron chi connectivity index (χ3n) is 5.06. The Bertz CT molecular complexity index is 1450. The zero-order valence-electron chi connectivity index (χ0n) is 18.4. The Morgan fingerprint density at radius 3 is 2.60 bits per heavy atom. The standard InChI is InChI=1S/C23H18F4N6O2/c1-12-17(22(35)29-9-14-7-16(23(25,26)27)3-4-18(14)24)8-15(10-28-12)19-5-6-21-31-20(30-13(2)34)11-33(21)32-19/h3-8,10-11H,9H2,1-2H3,(H,29,35)(H,30,34). The molecule has 0 spiro atoms. The lowest BCUT2D eigenvalue weighted by atomic mass is 10.1. The summed E-state index contributed by atoms with van der Waals surface area (Å²) in [4.78, 5) is 32.4. The number of fused-ring (bicyclic) bond motifs is 1. The van der Waals surface area contributed by atoms with E-state index < -0.39 is 30.0 Å². The maximum absolute atomic E-state index is 14.0. The monoisotopic (exact) mass is 486 g/mol. The van der Waals surface area contributed by atoms with Crippen LogP contribution in [0, 0.1) is 12.7 Å². The smallest absolute Gasteiger partial charge is 0.348 e. The minimum atomic E-state index is -4.63. The van der Waals surface area contributed by atoms with Crippen molar-refractivity contribution in [1.82, 2.24) is 24.9 Å². The third kappa shape index (κ3) is 5.26. The van der Waals surface area contributed by atoms with Gasteiger partial charge in [0.1, 0.15) is 5.82 Å². The van der Waals surface area contributed by atoms with Gasteiger partial charge in [0.2, 0.25) is 5.91 Å². The number of halogens is 4. The lowest BCUT2D eigenvalue weighted by Crippen LogP contribution is -2.25. The first-order valence-electron chi connectivity index (χ1n) is 10.3. The van der Waals surface area contributed by atoms with Gasteiger partial charge in [-0.2, -0.15) is 18.3 Å². The molecule has 0 saturated carbocycles. The molecule has 0 aliphatic heterocycles. The minimum absolute atomic E-state index is 0.154. The number of nitrogens with one attached hydrogen (secondary N) is 2. The maximum Gasteiger partial charge on any atom is 0.416 e. The van der Waals surface area contributed by atoms with E-state index in [2.05, 4.69) is 25.7 Å². The molecule has 3 heterocycles. The van der Waals surface area contributed by atoms with E-state index in [0.717, 1.165) is 0 Å². The summed E-state index contributed by atoms with van der Waals surface area (Å²) in [6.07, 6.45) is -1.59. The Balaban J connectivity index is 1.57. The summed E-state index contributed by atoms with van der Waals surface area (Å²) in [6.45, 7) is 2.51. The van der Waals surface area contributed by atoms with Crippen LogP contribution >= 0.6 is 0 Å². The molecule has 180 valence electrons. The molecule has 4 rings (SSSR count). The molecule has 0 aliphatic rings. The second kappa shape index (κ2) is 9.12. The highest BCUT2D eigenvalue weighted by Gasteiger charge is 2.31. The third-order valence-corrected chi connectivity index (χ3v) is 5.06. The highest BCUT2D eigenvalue weighted by atomic mass is 19.4. The predicted octanol–water partition coefficient (Wildman–Crippen LogP) is 4.15. The number of imidazole rings is 1. The van der Waals surface area contributed by atoms with E-state index in [1.54, 1.807) is 19.1 Å². The fourth-order valence-corrected chi connectivity index (χ4v) is 3.34. The van der Waals surface area contributed by atoms with Crippen LogP contribution in [0.3, 0.4) is 0 Å². The number of anilines is 1. The van der Waals surface area contributed by atoms with Crippen LogP contribution in [0.1, 0.15) is 34.1 Å². The molecule has 2 N–H and O–H groups in total. The van der Waals surface area contributed by atoms with E-state index in [-0.39, 0.29) is 17.0 Å². The van der Waals surface area contributed by atoms with E-state index in [1.807, 2.05) is 0 Å². The second-order valence-corrected chi connectivity index (χ2v) is 7.67. The van der Waals surface area contributed by atoms with Crippen LogP contribution in [0.25, 0.3) is 16.9 Å². The topological polar surface area (TPSA) is 101 Å². The molecular weight excluding hydrogens is 468 g/mol. The average molecular weight is 486 g/mol. The van der Waals surface area contributed by atoms with Gasteiger partial charge in [-0.25, -0.2) is 13.9 Å². The molecule has 0 unspecified atom stereocenters. The number of amides is 2. The van der Waals surface area contributed by atoms with Crippen molar-refractivity contribution < 1.29 is 27.2 Å². The lowest BCUT2D eigenvalue weighted by Gasteiger charge is -2.12. The van der Waals surface area contributed by atoms with Crippen LogP contribution in [0.2, 0.25) is 0 Å². The molecule has 0 saturated heterocycles. The fraction of sp³-hybridized carbons (Fsp3) is 0.174. The number of carbonyl (C=O) groups excluding carboxylic acids is 2. The Hall–Kier alpha value is -4.35. The first-order valence-corrected chi connectivity index (χ1v) is 10.3. The highest BCUT2D eigenvalue weighted by molar-refractivity contribution is 5.96. The van der Waals surface area contributed by atoms with Crippen LogP contribution in [0.5, 0.6) is 0 Å². The van der Waals surface area contributed by atoms with Crippen molar-refractivity contribution in [2.45, 2.75) is 26.6 Å². The van der Waals surface area contributed by atoms with Gasteiger partial charge in [0.05, 0.1) is 28.7 Å². The van der Waals surface area contributed by atoms with Crippen LogP contribution in [0.4, 0.5) is 23.4 Å². The number of aryl methyl sites for hydroxylation is 1. The summed E-state index contributed by atoms with van der Waals surface area (Å²) < 4.78 is 54.2. The number of aromatic nitrogens is 4. The summed E-state index contributed by atoms with van der Waals surface area (Å²) in [5.74, 6) is -1.45. The number of rotatable bonds is 5. The van der Waals surface area contributed by atoms with Crippen LogP contribution in [0.15, 0.2) is 48.8 Å². The average Bonchev–Trinajstić information content (AvgIpc) is 3.18. The van der Waals surface area contributed by atoms with Gasteiger partial charge < -0.3 is 10.6 Å². The van der Waals surface area contributed by atoms with Crippen LogP contribution in [-0.2, 0) is 17.5 Å². The lowest BCUT2D eigenvalue weighted by molar-refractivity contribution is -0.137. The highest BCUT2D eigenvalue weighted by Crippen LogP contribution is 2.30. The first-order chi connectivity index (χ1) is 16.5. The van der Waals surface area contributed by atoms with Gasteiger partial charge in [-0.1, -0.05) is 0 Å². The largest absolute Gasteiger partial charge is 0.416 e. The number of hydrogen-bond donors (Lipinski definition) is 2. The molecular formula is C23H18F4N6O2. The Labute approximate surface area is 196 Å². The Morgan fingerprint density at radius 1 is 1.11 bits per heavy atom. The summed E-state index contributed by atoms with van der Waals surface area (Å²) in [7, 11) is 0. The number of alkyl halides is 3. The first kappa shape index (κ1) is 23.8. The number of benzene rings is 1. The molecule has 12 heteroatoms. The second-order valence-electron chi connectivity index (χ2n) is 7.67. The van der Waals surface area contributed by atoms with E-state index in [4.69, 9.17) is 0 Å². The van der Waals surface area contributed by atoms with Crippen LogP contribution in [-0.4, -0.2) is 31.4 Å². The van der Waals surface area contributed by atoms with Gasteiger partial charge in [0.15, 0.2) is 11.5 Å². The van der Waals surface area contributed by atoms with Crippen molar-refractivity contribution in [3.05, 3.63) is 77.0 Å². The Morgan fingerprint density at radius 2 is 1.89 bits per heavy atom. The number of hydrogen-bond acceptors (Lipinski definition) is 5. The molecule has 3 aromatic heterocycles. The zero-order chi connectivity index (χ0) is 25.3. The van der Waals surface area contributed by atoms with Gasteiger partial charge in [-0.15, -0.1) is 0 Å². The summed E-state index contributed by atoms with van der Waals surface area (Å²) in [5, 5.41) is 9.42. The molecule has 0 bridgehead atoms. The molecule has 0 radical (unpaired) electrons. The van der Waals surface area contributed by atoms with Crippen molar-refractivity contribution >= 4 is 23.3 Å². The molecule has 0 atom stereocenters. The fourth-order valence-electron chi connectivity index (χ4n) is 3.34.